The fourth-order valence-electron chi connectivity index (χ4n) is 8.29. The van der Waals surface area contributed by atoms with Crippen molar-refractivity contribution in [2.75, 3.05) is 27.2 Å². The number of hydrogen-bond donors (Lipinski definition) is 1. The Morgan fingerprint density at radius 2 is 1.78 bits per heavy atom. The number of nitrogens with one attached hydrogen (secondary N) is 1. The summed E-state index contributed by atoms with van der Waals surface area (Å²) in [6.45, 7) is 10.2. The number of fused-ring (bicyclic) bond motifs is 1. The fourth-order valence-corrected chi connectivity index (χ4v) is 8.29. The van der Waals surface area contributed by atoms with Crippen LogP contribution in [0, 0.1) is 11.8 Å². The van der Waals surface area contributed by atoms with Gasteiger partial charge in [0.25, 0.3) is 6.47 Å². The van der Waals surface area contributed by atoms with Crippen molar-refractivity contribution in [1.82, 2.24) is 29.5 Å². The van der Waals surface area contributed by atoms with Crippen molar-refractivity contribution in [3.63, 3.8) is 0 Å². The molecule has 5 rings (SSSR count). The SMILES string of the molecule is C=CC(=O)N1CCC(C(=O)N(C)C(C(=O)NC(C=O)Cc2cccc(-c3ccc4c(c3)c(CC(C)OC=O)c(-c3cnn(C)c3C(C)OC)n4CC(F)(F)F)c2)C(C)C)C1. The number of carbonyl (C=O) groups excluding carboxylic acids is 5. The van der Waals surface area contributed by atoms with Gasteiger partial charge in [-0.2, -0.15) is 18.3 Å². The third-order valence-corrected chi connectivity index (χ3v) is 11.2. The number of likely N-dealkylation sites (N-methyl/N-ethyl adjacent to an activating group) is 1. The first-order chi connectivity index (χ1) is 28.4. The zero-order valence-corrected chi connectivity index (χ0v) is 35.0. The van der Waals surface area contributed by atoms with E-state index in [0.29, 0.717) is 70.1 Å². The largest absolute Gasteiger partial charge is 0.465 e. The van der Waals surface area contributed by atoms with Gasteiger partial charge in [-0.1, -0.05) is 50.8 Å². The van der Waals surface area contributed by atoms with Gasteiger partial charge in [-0.05, 0) is 73.1 Å². The number of alkyl halides is 3. The third kappa shape index (κ3) is 9.97. The van der Waals surface area contributed by atoms with Crippen LogP contribution in [-0.4, -0.2) is 106 Å². The first-order valence-corrected chi connectivity index (χ1v) is 19.8. The standard InChI is InChI=1S/C44H53F3N6O7/c1-9-38(56)52-16-15-32(22-52)43(58)50(6)39(26(2)3)42(57)49-33(23-54)19-29-11-10-12-30(18-29)31-13-14-37-34(20-31)35(17-27(4)60-25-55)41(53(37)24-44(45,46)47)36-21-48-51(7)40(36)28(5)59-8/h9-14,18,20-21,23,25-28,32-33,39H,1,15-17,19,22,24H2,2-8H3,(H,49,57). The van der Waals surface area contributed by atoms with Crippen molar-refractivity contribution in [3.05, 3.63) is 78.1 Å². The molecule has 0 spiro atoms. The molecule has 16 heteroatoms. The van der Waals surface area contributed by atoms with Crippen LogP contribution in [0.15, 0.2) is 61.3 Å². The van der Waals surface area contributed by atoms with E-state index in [1.165, 1.54) is 28.8 Å². The highest BCUT2D eigenvalue weighted by atomic mass is 19.4. The van der Waals surface area contributed by atoms with Crippen molar-refractivity contribution in [3.8, 4) is 22.4 Å². The average Bonchev–Trinajstić information content (AvgIpc) is 3.92. The Bertz CT molecular complexity index is 2230. The molecule has 2 aromatic carbocycles. The fraction of sp³-hybridized carbons (Fsp3) is 0.455. The zero-order chi connectivity index (χ0) is 44.1. The molecular formula is C44H53F3N6O7. The van der Waals surface area contributed by atoms with Crippen LogP contribution in [0.25, 0.3) is 33.3 Å². The van der Waals surface area contributed by atoms with Gasteiger partial charge in [-0.3, -0.25) is 23.9 Å². The van der Waals surface area contributed by atoms with E-state index >= 15 is 0 Å². The number of rotatable bonds is 18. The normalized spacial score (nSPS) is 16.3. The van der Waals surface area contributed by atoms with Crippen molar-refractivity contribution in [1.29, 1.82) is 0 Å². The minimum Gasteiger partial charge on any atom is -0.465 e. The van der Waals surface area contributed by atoms with E-state index in [4.69, 9.17) is 9.47 Å². The Morgan fingerprint density at radius 3 is 2.42 bits per heavy atom. The molecule has 1 saturated heterocycles. The molecule has 5 unspecified atom stereocenters. The second-order valence-corrected chi connectivity index (χ2v) is 15.7. The van der Waals surface area contributed by atoms with Gasteiger partial charge in [-0.15, -0.1) is 0 Å². The lowest BCUT2D eigenvalue weighted by molar-refractivity contribution is -0.144. The Balaban J connectivity index is 1.47. The van der Waals surface area contributed by atoms with Gasteiger partial charge < -0.3 is 34.0 Å². The first-order valence-electron chi connectivity index (χ1n) is 19.8. The maximum absolute atomic E-state index is 14.3. The van der Waals surface area contributed by atoms with Gasteiger partial charge in [0.05, 0.1) is 35.6 Å². The zero-order valence-electron chi connectivity index (χ0n) is 35.0. The minimum absolute atomic E-state index is 0.0988. The topological polar surface area (TPSA) is 145 Å². The van der Waals surface area contributed by atoms with E-state index in [2.05, 4.69) is 17.0 Å². The summed E-state index contributed by atoms with van der Waals surface area (Å²) in [6.07, 6.45) is -1.73. The van der Waals surface area contributed by atoms with Crippen LogP contribution in [0.3, 0.4) is 0 Å². The Hall–Kier alpha value is -5.77. The summed E-state index contributed by atoms with van der Waals surface area (Å²) in [5.74, 6) is -1.78. The lowest BCUT2D eigenvalue weighted by Gasteiger charge is -2.32. The molecule has 1 N–H and O–H groups in total. The summed E-state index contributed by atoms with van der Waals surface area (Å²) < 4.78 is 56.6. The van der Waals surface area contributed by atoms with E-state index in [9.17, 15) is 37.1 Å². The third-order valence-electron chi connectivity index (χ3n) is 11.2. The van der Waals surface area contributed by atoms with E-state index in [1.807, 2.05) is 26.0 Å². The summed E-state index contributed by atoms with van der Waals surface area (Å²) in [4.78, 5) is 66.0. The predicted octanol–water partition coefficient (Wildman–Crippen LogP) is 5.83. The maximum atomic E-state index is 14.3. The molecule has 3 amide bonds. The van der Waals surface area contributed by atoms with Crippen molar-refractivity contribution >= 4 is 41.4 Å². The van der Waals surface area contributed by atoms with Gasteiger partial charge in [-0.25, -0.2) is 0 Å². The van der Waals surface area contributed by atoms with Gasteiger partial charge in [0.2, 0.25) is 17.7 Å². The molecule has 322 valence electrons. The minimum atomic E-state index is -4.58. The molecule has 5 atom stereocenters. The smallest absolute Gasteiger partial charge is 0.406 e. The summed E-state index contributed by atoms with van der Waals surface area (Å²) in [6, 6.07) is 10.6. The summed E-state index contributed by atoms with van der Waals surface area (Å²) in [7, 11) is 4.75. The number of halogens is 3. The van der Waals surface area contributed by atoms with Gasteiger partial charge in [0.1, 0.15) is 25.0 Å². The van der Waals surface area contributed by atoms with E-state index in [1.54, 1.807) is 67.9 Å². The van der Waals surface area contributed by atoms with E-state index in [0.717, 1.165) is 0 Å². The number of likely N-dealkylation sites (tertiary alicyclic amines) is 1. The highest BCUT2D eigenvalue weighted by molar-refractivity contribution is 5.95. The first kappa shape index (κ1) is 45.3. The van der Waals surface area contributed by atoms with Crippen LogP contribution in [0.1, 0.15) is 57.0 Å². The lowest BCUT2D eigenvalue weighted by atomic mass is 9.95. The molecule has 3 heterocycles. The molecule has 4 aromatic rings. The number of nitrogens with zero attached hydrogens (tertiary/aromatic N) is 5. The highest BCUT2D eigenvalue weighted by Crippen LogP contribution is 2.41. The maximum Gasteiger partial charge on any atom is 0.406 e. The van der Waals surface area contributed by atoms with Gasteiger partial charge >= 0.3 is 6.18 Å². The van der Waals surface area contributed by atoms with Crippen LogP contribution in [0.4, 0.5) is 13.2 Å². The summed E-state index contributed by atoms with van der Waals surface area (Å²) in [5.41, 5.74) is 4.23. The second kappa shape index (κ2) is 19.1. The van der Waals surface area contributed by atoms with Crippen LogP contribution < -0.4 is 5.32 Å². The van der Waals surface area contributed by atoms with E-state index in [-0.39, 0.29) is 42.8 Å². The monoisotopic (exact) mass is 834 g/mol. The number of amides is 3. The number of aromatic nitrogens is 3. The van der Waals surface area contributed by atoms with Crippen LogP contribution in [0.2, 0.25) is 0 Å². The molecule has 1 aliphatic heterocycles. The van der Waals surface area contributed by atoms with Crippen molar-refractivity contribution < 1.29 is 46.6 Å². The highest BCUT2D eigenvalue weighted by Gasteiger charge is 2.38. The molecule has 0 saturated carbocycles. The van der Waals surface area contributed by atoms with Crippen molar-refractivity contribution in [2.24, 2.45) is 18.9 Å². The van der Waals surface area contributed by atoms with Crippen molar-refractivity contribution in [2.45, 2.75) is 84.0 Å². The summed E-state index contributed by atoms with van der Waals surface area (Å²) in [5, 5.41) is 7.72. The molecule has 1 fully saturated rings. The molecule has 0 radical (unpaired) electrons. The van der Waals surface area contributed by atoms with E-state index < -0.39 is 48.8 Å². The number of methoxy groups -OCH3 is 1. The molecule has 0 aliphatic carbocycles. The van der Waals surface area contributed by atoms with Gasteiger partial charge in [0, 0.05) is 57.2 Å². The summed E-state index contributed by atoms with van der Waals surface area (Å²) >= 11 is 0. The Labute approximate surface area is 347 Å². The number of benzene rings is 2. The van der Waals surface area contributed by atoms with Gasteiger partial charge in [0.15, 0.2) is 0 Å². The number of aldehydes is 1. The van der Waals surface area contributed by atoms with Crippen LogP contribution in [-0.2, 0) is 59.9 Å². The molecule has 0 bridgehead atoms. The quantitative estimate of drug-likeness (QED) is 0.0975. The number of carbonyl (C=O) groups is 5. The molecule has 13 nitrogen and oxygen atoms in total. The Kier molecular flexibility index (Phi) is 14.4. The number of aryl methyl sites for hydroxylation is 1. The second-order valence-electron chi connectivity index (χ2n) is 15.7. The number of hydrogen-bond acceptors (Lipinski definition) is 8. The molecule has 2 aromatic heterocycles. The lowest BCUT2D eigenvalue weighted by Crippen LogP contribution is -2.54. The molecule has 60 heavy (non-hydrogen) atoms. The predicted molar refractivity (Wildman–Crippen MR) is 219 cm³/mol. The number of ether oxygens (including phenoxy) is 2. The Morgan fingerprint density at radius 1 is 1.07 bits per heavy atom. The molecule has 1 aliphatic rings. The van der Waals surface area contributed by atoms with Crippen LogP contribution >= 0.6 is 0 Å². The average molecular weight is 835 g/mol. The molecular weight excluding hydrogens is 782 g/mol. The van der Waals surface area contributed by atoms with Crippen LogP contribution in [0.5, 0.6) is 0 Å².